The van der Waals surface area contributed by atoms with Gasteiger partial charge in [0.1, 0.15) is 6.10 Å². The number of ether oxygens (including phenoxy) is 1. The van der Waals surface area contributed by atoms with Gasteiger partial charge in [0.05, 0.1) is 0 Å². The molecule has 110 valence electrons. The quantitative estimate of drug-likeness (QED) is 0.738. The Kier molecular flexibility index (Phi) is 5.87. The summed E-state index contributed by atoms with van der Waals surface area (Å²) in [5, 5.41) is 0. The van der Waals surface area contributed by atoms with Gasteiger partial charge in [0, 0.05) is 12.5 Å². The molecular weight excluding hydrogens is 236 g/mol. The average Bonchev–Trinajstić information content (AvgIpc) is 2.45. The van der Waals surface area contributed by atoms with Gasteiger partial charge >= 0.3 is 0 Å². The van der Waals surface area contributed by atoms with Gasteiger partial charge in [-0.15, -0.1) is 0 Å². The molecule has 3 atom stereocenters. The predicted molar refractivity (Wildman–Crippen MR) is 78.1 cm³/mol. The van der Waals surface area contributed by atoms with Crippen LogP contribution in [0.4, 0.5) is 0 Å². The molecule has 0 spiro atoms. The zero-order valence-corrected chi connectivity index (χ0v) is 12.7. The third-order valence-electron chi connectivity index (χ3n) is 5.04. The van der Waals surface area contributed by atoms with Crippen LogP contribution in [0, 0.1) is 17.8 Å². The second-order valence-electron chi connectivity index (χ2n) is 6.65. The van der Waals surface area contributed by atoms with Gasteiger partial charge in [0.2, 0.25) is 0 Å². The highest BCUT2D eigenvalue weighted by Gasteiger charge is 2.35. The van der Waals surface area contributed by atoms with Crippen LogP contribution in [0.25, 0.3) is 0 Å². The molecule has 2 aliphatic rings. The van der Waals surface area contributed by atoms with Crippen LogP contribution in [0.2, 0.25) is 0 Å². The van der Waals surface area contributed by atoms with Crippen LogP contribution in [-0.2, 0) is 9.53 Å². The molecule has 0 aromatic heterocycles. The van der Waals surface area contributed by atoms with Crippen LogP contribution in [0.15, 0.2) is 0 Å². The van der Waals surface area contributed by atoms with Gasteiger partial charge in [0.25, 0.3) is 0 Å². The first-order valence-corrected chi connectivity index (χ1v) is 8.37. The molecule has 0 saturated heterocycles. The van der Waals surface area contributed by atoms with Gasteiger partial charge < -0.3 is 4.74 Å². The van der Waals surface area contributed by atoms with E-state index in [1.807, 2.05) is 6.92 Å². The molecule has 0 amide bonds. The van der Waals surface area contributed by atoms with Crippen molar-refractivity contribution in [2.75, 3.05) is 6.61 Å². The molecule has 3 unspecified atom stereocenters. The van der Waals surface area contributed by atoms with Gasteiger partial charge in [-0.1, -0.05) is 39.0 Å². The summed E-state index contributed by atoms with van der Waals surface area (Å²) in [4.78, 5) is 12.8. The molecule has 19 heavy (non-hydrogen) atoms. The Labute approximate surface area is 118 Å². The minimum absolute atomic E-state index is 0.0967. The summed E-state index contributed by atoms with van der Waals surface area (Å²) < 4.78 is 5.88. The second-order valence-corrected chi connectivity index (χ2v) is 6.65. The molecule has 0 heterocycles. The number of carbonyl (C=O) groups excluding carboxylic acids is 1. The van der Waals surface area contributed by atoms with E-state index >= 15 is 0 Å². The summed E-state index contributed by atoms with van der Waals surface area (Å²) in [6.07, 6.45) is 10.9. The Balaban J connectivity index is 1.98. The third kappa shape index (κ3) is 4.05. The number of hydrogen-bond acceptors (Lipinski definition) is 2. The Morgan fingerprint density at radius 2 is 1.84 bits per heavy atom. The number of rotatable bonds is 5. The molecule has 2 aliphatic carbocycles. The monoisotopic (exact) mass is 266 g/mol. The van der Waals surface area contributed by atoms with E-state index in [2.05, 4.69) is 6.92 Å². The van der Waals surface area contributed by atoms with Crippen molar-refractivity contribution in [1.29, 1.82) is 0 Å². The number of carbonyl (C=O) groups is 1. The molecule has 2 fully saturated rings. The van der Waals surface area contributed by atoms with E-state index in [9.17, 15) is 4.79 Å². The molecule has 2 heteroatoms. The van der Waals surface area contributed by atoms with E-state index in [0.717, 1.165) is 18.8 Å². The van der Waals surface area contributed by atoms with Crippen molar-refractivity contribution < 1.29 is 9.53 Å². The van der Waals surface area contributed by atoms with Crippen molar-refractivity contribution in [2.24, 2.45) is 17.8 Å². The molecule has 0 aromatic rings. The lowest BCUT2D eigenvalue weighted by Gasteiger charge is -2.33. The first-order chi connectivity index (χ1) is 9.22. The molecule has 0 N–H and O–H groups in total. The number of ketones is 1. The first kappa shape index (κ1) is 15.0. The fraction of sp³-hybridized carbons (Fsp3) is 0.941. The highest BCUT2D eigenvalue weighted by atomic mass is 16.5. The van der Waals surface area contributed by atoms with Gasteiger partial charge in [-0.25, -0.2) is 0 Å². The van der Waals surface area contributed by atoms with Crippen molar-refractivity contribution in [3.8, 4) is 0 Å². The van der Waals surface area contributed by atoms with Crippen LogP contribution in [0.5, 0.6) is 0 Å². The minimum Gasteiger partial charge on any atom is -0.370 e. The zero-order chi connectivity index (χ0) is 13.7. The number of hydrogen-bond donors (Lipinski definition) is 0. The van der Waals surface area contributed by atoms with Crippen LogP contribution < -0.4 is 0 Å². The molecular formula is C17H30O2. The van der Waals surface area contributed by atoms with Gasteiger partial charge in [0.15, 0.2) is 5.78 Å². The van der Waals surface area contributed by atoms with Gasteiger partial charge in [-0.3, -0.25) is 4.79 Å². The SMILES string of the molecule is CCOC(C(=O)C1CCCC(C)C1)C1CCCCC1. The van der Waals surface area contributed by atoms with Crippen molar-refractivity contribution in [3.63, 3.8) is 0 Å². The maximum absolute atomic E-state index is 12.8. The second kappa shape index (κ2) is 7.42. The lowest BCUT2D eigenvalue weighted by molar-refractivity contribution is -0.140. The van der Waals surface area contributed by atoms with Gasteiger partial charge in [-0.2, -0.15) is 0 Å². The fourth-order valence-corrected chi connectivity index (χ4v) is 3.99. The Morgan fingerprint density at radius 3 is 2.47 bits per heavy atom. The summed E-state index contributed by atoms with van der Waals surface area (Å²) in [6.45, 7) is 4.98. The standard InChI is InChI=1S/C17H30O2/c1-3-19-17(14-9-5-4-6-10-14)16(18)15-11-7-8-13(2)12-15/h13-15,17H,3-12H2,1-2H3. The fourth-order valence-electron chi connectivity index (χ4n) is 3.99. The topological polar surface area (TPSA) is 26.3 Å². The lowest BCUT2D eigenvalue weighted by Crippen LogP contribution is -2.39. The Bertz CT molecular complexity index is 281. The molecule has 2 saturated carbocycles. The molecule has 2 rings (SSSR count). The average molecular weight is 266 g/mol. The van der Waals surface area contributed by atoms with E-state index in [0.29, 0.717) is 18.3 Å². The predicted octanol–water partition coefficient (Wildman–Crippen LogP) is 4.37. The summed E-state index contributed by atoms with van der Waals surface area (Å²) in [7, 11) is 0. The summed E-state index contributed by atoms with van der Waals surface area (Å²) in [5.41, 5.74) is 0. The highest BCUT2D eigenvalue weighted by molar-refractivity contribution is 5.85. The smallest absolute Gasteiger partial charge is 0.164 e. The summed E-state index contributed by atoms with van der Waals surface area (Å²) in [6, 6.07) is 0. The van der Waals surface area contributed by atoms with Crippen LogP contribution in [-0.4, -0.2) is 18.5 Å². The van der Waals surface area contributed by atoms with Gasteiger partial charge in [-0.05, 0) is 44.4 Å². The summed E-state index contributed by atoms with van der Waals surface area (Å²) >= 11 is 0. The van der Waals surface area contributed by atoms with E-state index in [4.69, 9.17) is 4.74 Å². The maximum atomic E-state index is 12.8. The van der Waals surface area contributed by atoms with Crippen molar-refractivity contribution in [1.82, 2.24) is 0 Å². The van der Waals surface area contributed by atoms with Crippen LogP contribution in [0.3, 0.4) is 0 Å². The van der Waals surface area contributed by atoms with Crippen LogP contribution in [0.1, 0.15) is 71.6 Å². The molecule has 0 radical (unpaired) electrons. The largest absolute Gasteiger partial charge is 0.370 e. The van der Waals surface area contributed by atoms with Crippen molar-refractivity contribution in [3.05, 3.63) is 0 Å². The summed E-state index contributed by atoms with van der Waals surface area (Å²) in [5.74, 6) is 1.93. The van der Waals surface area contributed by atoms with Crippen molar-refractivity contribution in [2.45, 2.75) is 77.7 Å². The Morgan fingerprint density at radius 1 is 1.11 bits per heavy atom. The molecule has 2 nitrogen and oxygen atoms in total. The normalized spacial score (nSPS) is 31.1. The first-order valence-electron chi connectivity index (χ1n) is 8.37. The van der Waals surface area contributed by atoms with E-state index in [1.54, 1.807) is 0 Å². The Hall–Kier alpha value is -0.370. The third-order valence-corrected chi connectivity index (χ3v) is 5.04. The maximum Gasteiger partial charge on any atom is 0.164 e. The highest BCUT2D eigenvalue weighted by Crippen LogP contribution is 2.34. The zero-order valence-electron chi connectivity index (χ0n) is 12.7. The van der Waals surface area contributed by atoms with E-state index in [1.165, 1.54) is 44.9 Å². The van der Waals surface area contributed by atoms with Crippen molar-refractivity contribution >= 4 is 5.78 Å². The number of Topliss-reactive ketones (excluding diaryl/α,β-unsaturated/α-hetero) is 1. The van der Waals surface area contributed by atoms with E-state index in [-0.39, 0.29) is 12.0 Å². The lowest BCUT2D eigenvalue weighted by atomic mass is 9.75. The molecule has 0 aromatic carbocycles. The minimum atomic E-state index is -0.0967. The van der Waals surface area contributed by atoms with E-state index < -0.39 is 0 Å². The molecule has 0 aliphatic heterocycles. The molecule has 0 bridgehead atoms. The van der Waals surface area contributed by atoms with Crippen LogP contribution >= 0.6 is 0 Å².